The number of rotatable bonds is 6. The van der Waals surface area contributed by atoms with Gasteiger partial charge in [0.05, 0.1) is 4.92 Å². The van der Waals surface area contributed by atoms with Crippen LogP contribution in [-0.4, -0.2) is 71.2 Å². The first-order valence-corrected chi connectivity index (χ1v) is 7.49. The van der Waals surface area contributed by atoms with E-state index in [4.69, 9.17) is 4.74 Å². The Balaban J connectivity index is 1.72. The molecule has 1 amide bonds. The lowest BCUT2D eigenvalue weighted by atomic mass is 10.2. The van der Waals surface area contributed by atoms with E-state index in [1.165, 1.54) is 24.3 Å². The number of nitro groups is 1. The molecule has 1 N–H and O–H groups in total. The van der Waals surface area contributed by atoms with Crippen LogP contribution in [-0.2, 0) is 4.79 Å². The number of nitrogens with zero attached hydrogens (tertiary/aromatic N) is 3. The maximum Gasteiger partial charge on any atom is 0.269 e. The summed E-state index contributed by atoms with van der Waals surface area (Å²) < 4.78 is 5.44. The Bertz CT molecular complexity index is 541. The van der Waals surface area contributed by atoms with Crippen molar-refractivity contribution < 1.29 is 19.6 Å². The van der Waals surface area contributed by atoms with Gasteiger partial charge < -0.3 is 14.7 Å². The average molecular weight is 323 g/mol. The molecule has 1 heterocycles. The molecule has 8 heteroatoms. The van der Waals surface area contributed by atoms with Crippen LogP contribution >= 0.6 is 0 Å². The first kappa shape index (κ1) is 17.2. The molecule has 1 atom stereocenters. The van der Waals surface area contributed by atoms with Gasteiger partial charge in [-0.1, -0.05) is 0 Å². The number of aliphatic hydroxyl groups excluding tert-OH is 1. The number of benzene rings is 1. The van der Waals surface area contributed by atoms with Gasteiger partial charge in [0.15, 0.2) is 0 Å². The minimum absolute atomic E-state index is 0.00115. The predicted molar refractivity (Wildman–Crippen MR) is 83.3 cm³/mol. The molecule has 1 aliphatic rings. The van der Waals surface area contributed by atoms with Crippen LogP contribution in [0.3, 0.4) is 0 Å². The van der Waals surface area contributed by atoms with Gasteiger partial charge in [0.1, 0.15) is 18.5 Å². The normalized spacial score (nSPS) is 16.9. The Labute approximate surface area is 134 Å². The van der Waals surface area contributed by atoms with E-state index in [2.05, 4.69) is 4.90 Å². The number of piperazine rings is 1. The summed E-state index contributed by atoms with van der Waals surface area (Å²) in [4.78, 5) is 25.2. The Hall–Kier alpha value is -2.19. The largest absolute Gasteiger partial charge is 0.491 e. The quantitative estimate of drug-likeness (QED) is 0.605. The van der Waals surface area contributed by atoms with E-state index in [1.807, 2.05) is 0 Å². The summed E-state index contributed by atoms with van der Waals surface area (Å²) in [5.41, 5.74) is 0.00115. The molecule has 0 aromatic heterocycles. The number of aliphatic hydroxyl groups is 1. The molecule has 1 aromatic rings. The van der Waals surface area contributed by atoms with Crippen molar-refractivity contribution in [3.63, 3.8) is 0 Å². The molecule has 2 rings (SSSR count). The van der Waals surface area contributed by atoms with E-state index < -0.39 is 11.0 Å². The summed E-state index contributed by atoms with van der Waals surface area (Å²) in [6.07, 6.45) is -0.658. The highest BCUT2D eigenvalue weighted by molar-refractivity contribution is 5.73. The predicted octanol–water partition coefficient (Wildman–Crippen LogP) is 0.499. The number of hydrogen-bond donors (Lipinski definition) is 1. The second-order valence-electron chi connectivity index (χ2n) is 5.52. The first-order chi connectivity index (χ1) is 11.0. The molecule has 0 radical (unpaired) electrons. The third-order valence-corrected chi connectivity index (χ3v) is 3.78. The standard InChI is InChI=1S/C15H21N3O5/c1-12(19)17-8-6-16(7-9-17)10-14(20)11-23-15-4-2-13(3-5-15)18(21)22/h2-5,14,20H,6-11H2,1H3. The number of β-amino-alcohol motifs (C(OH)–C–C–N with tert-alkyl or cyclic N) is 1. The number of non-ortho nitro benzene ring substituents is 1. The summed E-state index contributed by atoms with van der Waals surface area (Å²) in [6, 6.07) is 5.75. The van der Waals surface area contributed by atoms with Gasteiger partial charge in [-0.2, -0.15) is 0 Å². The number of carbonyl (C=O) groups excluding carboxylic acids is 1. The fourth-order valence-electron chi connectivity index (χ4n) is 2.45. The van der Waals surface area contributed by atoms with Crippen molar-refractivity contribution in [3.8, 4) is 5.75 Å². The van der Waals surface area contributed by atoms with E-state index in [9.17, 15) is 20.0 Å². The van der Waals surface area contributed by atoms with Crippen LogP contribution in [0, 0.1) is 10.1 Å². The van der Waals surface area contributed by atoms with Crippen LogP contribution in [0.25, 0.3) is 0 Å². The van der Waals surface area contributed by atoms with Gasteiger partial charge in [0.25, 0.3) is 5.69 Å². The molecular weight excluding hydrogens is 302 g/mol. The SMILES string of the molecule is CC(=O)N1CCN(CC(O)COc2ccc([N+](=O)[O-])cc2)CC1. The molecule has 8 nitrogen and oxygen atoms in total. The van der Waals surface area contributed by atoms with Gasteiger partial charge >= 0.3 is 0 Å². The first-order valence-electron chi connectivity index (χ1n) is 7.49. The van der Waals surface area contributed by atoms with Crippen LogP contribution in [0.4, 0.5) is 5.69 Å². The lowest BCUT2D eigenvalue weighted by Gasteiger charge is -2.35. The number of carbonyl (C=O) groups is 1. The smallest absolute Gasteiger partial charge is 0.269 e. The second-order valence-corrected chi connectivity index (χ2v) is 5.52. The third-order valence-electron chi connectivity index (χ3n) is 3.78. The summed E-state index contributed by atoms with van der Waals surface area (Å²) in [5, 5.41) is 20.6. The number of nitro benzene ring substituents is 1. The van der Waals surface area contributed by atoms with Crippen molar-refractivity contribution in [2.24, 2.45) is 0 Å². The number of ether oxygens (including phenoxy) is 1. The zero-order valence-corrected chi connectivity index (χ0v) is 13.1. The average Bonchev–Trinajstić information content (AvgIpc) is 2.54. The fraction of sp³-hybridized carbons (Fsp3) is 0.533. The summed E-state index contributed by atoms with van der Waals surface area (Å²) in [6.45, 7) is 4.95. The second kappa shape index (κ2) is 7.89. The van der Waals surface area contributed by atoms with Crippen LogP contribution in [0.2, 0.25) is 0 Å². The molecule has 0 aliphatic carbocycles. The van der Waals surface area contributed by atoms with Crippen LogP contribution in [0.1, 0.15) is 6.92 Å². The van der Waals surface area contributed by atoms with Crippen LogP contribution < -0.4 is 4.74 Å². The van der Waals surface area contributed by atoms with E-state index in [0.29, 0.717) is 25.4 Å². The van der Waals surface area contributed by atoms with Crippen molar-refractivity contribution >= 4 is 11.6 Å². The highest BCUT2D eigenvalue weighted by Gasteiger charge is 2.20. The monoisotopic (exact) mass is 323 g/mol. The lowest BCUT2D eigenvalue weighted by Crippen LogP contribution is -2.50. The molecule has 126 valence electrons. The van der Waals surface area contributed by atoms with Crippen LogP contribution in [0.15, 0.2) is 24.3 Å². The van der Waals surface area contributed by atoms with Crippen molar-refractivity contribution in [1.29, 1.82) is 0 Å². The zero-order valence-electron chi connectivity index (χ0n) is 13.1. The Kier molecular flexibility index (Phi) is 5.89. The molecule has 1 saturated heterocycles. The minimum atomic E-state index is -0.658. The van der Waals surface area contributed by atoms with Gasteiger partial charge in [0, 0.05) is 51.8 Å². The Morgan fingerprint density at radius 1 is 1.30 bits per heavy atom. The van der Waals surface area contributed by atoms with E-state index in [0.717, 1.165) is 13.1 Å². The topological polar surface area (TPSA) is 96.2 Å². The van der Waals surface area contributed by atoms with Gasteiger partial charge in [-0.05, 0) is 12.1 Å². The Morgan fingerprint density at radius 2 is 1.91 bits per heavy atom. The highest BCUT2D eigenvalue weighted by Crippen LogP contribution is 2.17. The van der Waals surface area contributed by atoms with E-state index in [1.54, 1.807) is 11.8 Å². The van der Waals surface area contributed by atoms with Gasteiger partial charge in [-0.15, -0.1) is 0 Å². The lowest BCUT2D eigenvalue weighted by molar-refractivity contribution is -0.384. The summed E-state index contributed by atoms with van der Waals surface area (Å²) >= 11 is 0. The van der Waals surface area contributed by atoms with E-state index >= 15 is 0 Å². The van der Waals surface area contributed by atoms with Gasteiger partial charge in [-0.3, -0.25) is 19.8 Å². The summed E-state index contributed by atoms with van der Waals surface area (Å²) in [5.74, 6) is 0.558. The maximum atomic E-state index is 11.2. The van der Waals surface area contributed by atoms with Crippen molar-refractivity contribution in [1.82, 2.24) is 9.80 Å². The van der Waals surface area contributed by atoms with Crippen molar-refractivity contribution in [2.75, 3.05) is 39.3 Å². The van der Waals surface area contributed by atoms with Crippen LogP contribution in [0.5, 0.6) is 5.75 Å². The van der Waals surface area contributed by atoms with Crippen molar-refractivity contribution in [3.05, 3.63) is 34.4 Å². The van der Waals surface area contributed by atoms with Crippen molar-refractivity contribution in [2.45, 2.75) is 13.0 Å². The van der Waals surface area contributed by atoms with Gasteiger partial charge in [0.2, 0.25) is 5.91 Å². The molecular formula is C15H21N3O5. The molecule has 0 spiro atoms. The minimum Gasteiger partial charge on any atom is -0.491 e. The van der Waals surface area contributed by atoms with Gasteiger partial charge in [-0.25, -0.2) is 0 Å². The number of hydrogen-bond acceptors (Lipinski definition) is 6. The van der Waals surface area contributed by atoms with E-state index in [-0.39, 0.29) is 18.2 Å². The molecule has 1 aliphatic heterocycles. The molecule has 0 bridgehead atoms. The molecule has 1 aromatic carbocycles. The molecule has 0 saturated carbocycles. The fourth-order valence-corrected chi connectivity index (χ4v) is 2.45. The number of amides is 1. The maximum absolute atomic E-state index is 11.2. The molecule has 23 heavy (non-hydrogen) atoms. The molecule has 1 unspecified atom stereocenters. The Morgan fingerprint density at radius 3 is 2.43 bits per heavy atom. The molecule has 1 fully saturated rings. The summed E-state index contributed by atoms with van der Waals surface area (Å²) in [7, 11) is 0. The zero-order chi connectivity index (χ0) is 16.8. The third kappa shape index (κ3) is 5.19. The highest BCUT2D eigenvalue weighted by atomic mass is 16.6.